The van der Waals surface area contributed by atoms with Gasteiger partial charge in [0.15, 0.2) is 0 Å². The lowest BCUT2D eigenvalue weighted by atomic mass is 10.0. The van der Waals surface area contributed by atoms with Crippen molar-refractivity contribution in [2.75, 3.05) is 0 Å². The normalized spacial score (nSPS) is 12.4. The SMILES string of the molecule is N[C@@H](Cc1c[nH]c2ccccc12)C(=O)N[C@@H](CCC(=O)OCc1ccccc1)C(=O)OCc1ccccc1. The molecule has 0 aliphatic rings. The number of H-pyrrole nitrogens is 1. The molecule has 1 amide bonds. The molecule has 8 nitrogen and oxygen atoms in total. The molecule has 0 saturated heterocycles. The highest BCUT2D eigenvalue weighted by molar-refractivity contribution is 5.89. The number of aromatic nitrogens is 1. The fourth-order valence-electron chi connectivity index (χ4n) is 4.06. The van der Waals surface area contributed by atoms with Gasteiger partial charge in [0.2, 0.25) is 5.91 Å². The second-order valence-electron chi connectivity index (χ2n) is 9.01. The summed E-state index contributed by atoms with van der Waals surface area (Å²) in [4.78, 5) is 41.4. The van der Waals surface area contributed by atoms with Crippen molar-refractivity contribution in [3.63, 3.8) is 0 Å². The van der Waals surface area contributed by atoms with Crippen LogP contribution in [0.4, 0.5) is 0 Å². The van der Waals surface area contributed by atoms with Crippen molar-refractivity contribution in [2.24, 2.45) is 5.73 Å². The molecule has 1 aromatic heterocycles. The molecule has 4 aromatic rings. The molecular weight excluding hydrogens is 482 g/mol. The number of aromatic amines is 1. The Labute approximate surface area is 221 Å². The summed E-state index contributed by atoms with van der Waals surface area (Å²) in [7, 11) is 0. The summed E-state index contributed by atoms with van der Waals surface area (Å²) in [6.45, 7) is 0.177. The number of hydrogen-bond acceptors (Lipinski definition) is 6. The number of nitrogens with two attached hydrogens (primary N) is 1. The standard InChI is InChI=1S/C30H31N3O5/c31-25(17-23-18-32-26-14-8-7-13-24(23)26)29(35)33-27(30(36)38-20-22-11-5-2-6-12-22)15-16-28(34)37-19-21-9-3-1-4-10-21/h1-14,18,25,27,32H,15-17,19-20,31H2,(H,33,35)/t25-,27-/m0/s1. The minimum atomic E-state index is -1.05. The summed E-state index contributed by atoms with van der Waals surface area (Å²) in [5.41, 5.74) is 9.73. The predicted octanol–water partition coefficient (Wildman–Crippen LogP) is 3.79. The fourth-order valence-corrected chi connectivity index (χ4v) is 4.06. The Kier molecular flexibility index (Phi) is 9.26. The summed E-state index contributed by atoms with van der Waals surface area (Å²) >= 11 is 0. The summed E-state index contributed by atoms with van der Waals surface area (Å²) in [6.07, 6.45) is 2.05. The number of para-hydroxylation sites is 1. The zero-order valence-electron chi connectivity index (χ0n) is 21.0. The van der Waals surface area contributed by atoms with Crippen LogP contribution in [0.25, 0.3) is 10.9 Å². The van der Waals surface area contributed by atoms with Crippen LogP contribution >= 0.6 is 0 Å². The first-order valence-corrected chi connectivity index (χ1v) is 12.5. The third kappa shape index (κ3) is 7.54. The van der Waals surface area contributed by atoms with Crippen LogP contribution in [0.5, 0.6) is 0 Å². The first-order chi connectivity index (χ1) is 18.5. The maximum atomic E-state index is 13.0. The summed E-state index contributed by atoms with van der Waals surface area (Å²) < 4.78 is 10.8. The molecule has 0 spiro atoms. The van der Waals surface area contributed by atoms with Crippen LogP contribution in [0, 0.1) is 0 Å². The van der Waals surface area contributed by atoms with Crippen molar-refractivity contribution < 1.29 is 23.9 Å². The Balaban J connectivity index is 1.36. The van der Waals surface area contributed by atoms with E-state index in [0.29, 0.717) is 0 Å². The Morgan fingerprint density at radius 3 is 2.11 bits per heavy atom. The molecule has 0 aliphatic carbocycles. The van der Waals surface area contributed by atoms with Crippen molar-refractivity contribution in [3.8, 4) is 0 Å². The van der Waals surface area contributed by atoms with E-state index in [-0.39, 0.29) is 32.5 Å². The van der Waals surface area contributed by atoms with Gasteiger partial charge in [-0.25, -0.2) is 4.79 Å². The first kappa shape index (κ1) is 26.6. The highest BCUT2D eigenvalue weighted by Gasteiger charge is 2.26. The molecule has 0 radical (unpaired) electrons. The smallest absolute Gasteiger partial charge is 0.328 e. The Hall–Kier alpha value is -4.43. The minimum Gasteiger partial charge on any atom is -0.461 e. The van der Waals surface area contributed by atoms with Gasteiger partial charge in [-0.15, -0.1) is 0 Å². The van der Waals surface area contributed by atoms with Crippen molar-refractivity contribution in [1.82, 2.24) is 10.3 Å². The largest absolute Gasteiger partial charge is 0.461 e. The summed E-state index contributed by atoms with van der Waals surface area (Å²) in [5, 5.41) is 3.67. The summed E-state index contributed by atoms with van der Waals surface area (Å²) in [6, 6.07) is 24.3. The van der Waals surface area contributed by atoms with Crippen LogP contribution in [0.1, 0.15) is 29.5 Å². The molecule has 8 heteroatoms. The van der Waals surface area contributed by atoms with Crippen LogP contribution in [0.2, 0.25) is 0 Å². The molecule has 1 heterocycles. The lowest BCUT2D eigenvalue weighted by Crippen LogP contribution is -2.49. The highest BCUT2D eigenvalue weighted by atomic mass is 16.5. The van der Waals surface area contributed by atoms with Crippen LogP contribution < -0.4 is 11.1 Å². The van der Waals surface area contributed by atoms with Gasteiger partial charge in [0.25, 0.3) is 0 Å². The molecule has 2 atom stereocenters. The quantitative estimate of drug-likeness (QED) is 0.248. The van der Waals surface area contributed by atoms with E-state index in [1.165, 1.54) is 0 Å². The molecular formula is C30H31N3O5. The molecule has 0 fully saturated rings. The second-order valence-corrected chi connectivity index (χ2v) is 9.01. The molecule has 0 unspecified atom stereocenters. The second kappa shape index (κ2) is 13.2. The number of fused-ring (bicyclic) bond motifs is 1. The Morgan fingerprint density at radius 2 is 1.42 bits per heavy atom. The van der Waals surface area contributed by atoms with E-state index in [1.807, 2.05) is 91.1 Å². The Bertz CT molecular complexity index is 1350. The average Bonchev–Trinajstić information content (AvgIpc) is 3.36. The average molecular weight is 514 g/mol. The fraction of sp³-hybridized carbons (Fsp3) is 0.233. The van der Waals surface area contributed by atoms with Crippen molar-refractivity contribution in [3.05, 3.63) is 108 Å². The van der Waals surface area contributed by atoms with E-state index >= 15 is 0 Å². The van der Waals surface area contributed by atoms with Crippen LogP contribution in [0.15, 0.2) is 91.1 Å². The van der Waals surface area contributed by atoms with Gasteiger partial charge in [0, 0.05) is 23.5 Å². The van der Waals surface area contributed by atoms with Crippen molar-refractivity contribution in [1.29, 1.82) is 0 Å². The lowest BCUT2D eigenvalue weighted by molar-refractivity contribution is -0.150. The number of amides is 1. The molecule has 0 aliphatic heterocycles. The molecule has 0 saturated carbocycles. The third-order valence-corrected chi connectivity index (χ3v) is 6.16. The zero-order chi connectivity index (χ0) is 26.7. The number of ether oxygens (including phenoxy) is 2. The van der Waals surface area contributed by atoms with Crippen molar-refractivity contribution in [2.45, 2.75) is 44.6 Å². The van der Waals surface area contributed by atoms with Crippen LogP contribution in [-0.2, 0) is 43.5 Å². The number of rotatable bonds is 12. The van der Waals surface area contributed by atoms with Gasteiger partial charge in [0.1, 0.15) is 19.3 Å². The predicted molar refractivity (Wildman–Crippen MR) is 144 cm³/mol. The van der Waals surface area contributed by atoms with Gasteiger partial charge < -0.3 is 25.5 Å². The topological polar surface area (TPSA) is 124 Å². The number of nitrogens with one attached hydrogen (secondary N) is 2. The van der Waals surface area contributed by atoms with Gasteiger partial charge in [-0.3, -0.25) is 9.59 Å². The van der Waals surface area contributed by atoms with Gasteiger partial charge in [-0.1, -0.05) is 78.9 Å². The number of hydrogen-bond donors (Lipinski definition) is 3. The maximum Gasteiger partial charge on any atom is 0.328 e. The highest BCUT2D eigenvalue weighted by Crippen LogP contribution is 2.19. The number of esters is 2. The van der Waals surface area contributed by atoms with Gasteiger partial charge in [0.05, 0.1) is 6.04 Å². The van der Waals surface area contributed by atoms with Gasteiger partial charge in [-0.2, -0.15) is 0 Å². The van der Waals surface area contributed by atoms with Gasteiger partial charge >= 0.3 is 11.9 Å². The number of carbonyl (C=O) groups excluding carboxylic acids is 3. The van der Waals surface area contributed by atoms with Crippen LogP contribution in [-0.4, -0.2) is 34.9 Å². The first-order valence-electron chi connectivity index (χ1n) is 12.5. The molecule has 38 heavy (non-hydrogen) atoms. The molecule has 4 N–H and O–H groups in total. The van der Waals surface area contributed by atoms with E-state index in [0.717, 1.165) is 27.6 Å². The monoisotopic (exact) mass is 513 g/mol. The maximum absolute atomic E-state index is 13.0. The van der Waals surface area contributed by atoms with E-state index < -0.39 is 29.9 Å². The minimum absolute atomic E-state index is 0.0206. The Morgan fingerprint density at radius 1 is 0.816 bits per heavy atom. The molecule has 0 bridgehead atoms. The molecule has 196 valence electrons. The molecule has 3 aromatic carbocycles. The van der Waals surface area contributed by atoms with E-state index in [1.54, 1.807) is 0 Å². The number of carbonyl (C=O) groups is 3. The van der Waals surface area contributed by atoms with Gasteiger partial charge in [-0.05, 0) is 35.6 Å². The van der Waals surface area contributed by atoms with Crippen LogP contribution in [0.3, 0.4) is 0 Å². The lowest BCUT2D eigenvalue weighted by Gasteiger charge is -2.20. The van der Waals surface area contributed by atoms with E-state index in [2.05, 4.69) is 10.3 Å². The van der Waals surface area contributed by atoms with Crippen molar-refractivity contribution >= 4 is 28.7 Å². The number of benzene rings is 3. The third-order valence-electron chi connectivity index (χ3n) is 6.16. The van der Waals surface area contributed by atoms with E-state index in [4.69, 9.17) is 15.2 Å². The van der Waals surface area contributed by atoms with E-state index in [9.17, 15) is 14.4 Å². The molecule has 4 rings (SSSR count). The summed E-state index contributed by atoms with van der Waals surface area (Å²) in [5.74, 6) is -1.63. The zero-order valence-corrected chi connectivity index (χ0v) is 21.0.